The van der Waals surface area contributed by atoms with Crippen LogP contribution in [-0.4, -0.2) is 19.1 Å². The lowest BCUT2D eigenvalue weighted by atomic mass is 10.2. The first kappa shape index (κ1) is 18.3. The Morgan fingerprint density at radius 2 is 1.92 bits per heavy atom. The van der Waals surface area contributed by atoms with Gasteiger partial charge >= 0.3 is 0 Å². The van der Waals surface area contributed by atoms with Crippen LogP contribution in [-0.2, 0) is 4.79 Å². The van der Waals surface area contributed by atoms with Gasteiger partial charge in [-0.1, -0.05) is 18.2 Å². The van der Waals surface area contributed by atoms with Crippen LogP contribution in [0, 0.1) is 3.57 Å². The number of para-hydroxylation sites is 1. The van der Waals surface area contributed by atoms with E-state index in [-0.39, 0.29) is 12.0 Å². The lowest BCUT2D eigenvalue weighted by Gasteiger charge is -2.13. The summed E-state index contributed by atoms with van der Waals surface area (Å²) in [5.74, 6) is 1.15. The second-order valence-electron chi connectivity index (χ2n) is 5.38. The van der Waals surface area contributed by atoms with Crippen LogP contribution in [0.4, 0.5) is 5.69 Å². The molecule has 24 heavy (non-hydrogen) atoms. The molecule has 0 saturated heterocycles. The van der Waals surface area contributed by atoms with Crippen LogP contribution in [0.5, 0.6) is 11.5 Å². The fourth-order valence-corrected chi connectivity index (χ4v) is 2.57. The highest BCUT2D eigenvalue weighted by atomic mass is 127. The molecule has 0 aliphatic carbocycles. The molecule has 0 fully saturated rings. The van der Waals surface area contributed by atoms with Gasteiger partial charge < -0.3 is 14.8 Å². The fraction of sp³-hybridized carbons (Fsp3) is 0.211. The molecule has 0 heterocycles. The van der Waals surface area contributed by atoms with E-state index in [9.17, 15) is 4.79 Å². The molecule has 0 aliphatic heterocycles. The third kappa shape index (κ3) is 5.26. The zero-order valence-corrected chi connectivity index (χ0v) is 16.0. The van der Waals surface area contributed by atoms with Crippen LogP contribution >= 0.6 is 22.6 Å². The zero-order chi connectivity index (χ0) is 17.5. The van der Waals surface area contributed by atoms with Gasteiger partial charge in [0.1, 0.15) is 0 Å². The van der Waals surface area contributed by atoms with Crippen molar-refractivity contribution in [2.75, 3.05) is 12.4 Å². The number of nitrogens with one attached hydrogen (secondary N) is 1. The van der Waals surface area contributed by atoms with Crippen LogP contribution in [0.3, 0.4) is 0 Å². The standard InChI is InChI=1S/C19H20INO3/c1-13(2)24-17-10-8-14(12-18(17)23-3)9-11-19(22)21-16-7-5-4-6-15(16)20/h4-13H,1-3H3,(H,21,22)/b11-9+. The molecule has 0 saturated carbocycles. The Morgan fingerprint density at radius 1 is 1.17 bits per heavy atom. The Bertz CT molecular complexity index is 741. The van der Waals surface area contributed by atoms with E-state index in [0.717, 1.165) is 14.8 Å². The minimum Gasteiger partial charge on any atom is -0.493 e. The van der Waals surface area contributed by atoms with Crippen molar-refractivity contribution in [3.63, 3.8) is 0 Å². The molecular formula is C19H20INO3. The maximum Gasteiger partial charge on any atom is 0.248 e. The molecule has 0 aliphatic rings. The average Bonchev–Trinajstić information content (AvgIpc) is 2.55. The number of rotatable bonds is 6. The largest absolute Gasteiger partial charge is 0.493 e. The predicted octanol–water partition coefficient (Wildman–Crippen LogP) is 4.74. The van der Waals surface area contributed by atoms with Gasteiger partial charge in [-0.05, 0) is 72.3 Å². The third-order valence-corrected chi connectivity index (χ3v) is 4.05. The number of amides is 1. The molecule has 1 N–H and O–H groups in total. The Labute approximate surface area is 156 Å². The summed E-state index contributed by atoms with van der Waals surface area (Å²) in [5.41, 5.74) is 1.66. The van der Waals surface area contributed by atoms with Gasteiger partial charge in [0.05, 0.1) is 18.9 Å². The fourth-order valence-electron chi connectivity index (χ4n) is 2.05. The number of hydrogen-bond acceptors (Lipinski definition) is 3. The second-order valence-corrected chi connectivity index (χ2v) is 6.54. The van der Waals surface area contributed by atoms with E-state index in [1.54, 1.807) is 13.2 Å². The van der Waals surface area contributed by atoms with E-state index in [1.165, 1.54) is 6.08 Å². The SMILES string of the molecule is COc1cc(/C=C/C(=O)Nc2ccccc2I)ccc1OC(C)C. The predicted molar refractivity (Wildman–Crippen MR) is 106 cm³/mol. The van der Waals surface area contributed by atoms with Crippen LogP contribution < -0.4 is 14.8 Å². The van der Waals surface area contributed by atoms with E-state index in [2.05, 4.69) is 27.9 Å². The maximum atomic E-state index is 12.0. The normalized spacial score (nSPS) is 10.9. The van der Waals surface area contributed by atoms with Gasteiger partial charge in [-0.25, -0.2) is 0 Å². The van der Waals surface area contributed by atoms with E-state index in [1.807, 2.05) is 56.3 Å². The number of ether oxygens (including phenoxy) is 2. The summed E-state index contributed by atoms with van der Waals surface area (Å²) in [6.07, 6.45) is 3.31. The summed E-state index contributed by atoms with van der Waals surface area (Å²) < 4.78 is 12.0. The highest BCUT2D eigenvalue weighted by Gasteiger charge is 2.07. The quantitative estimate of drug-likeness (QED) is 0.525. The first-order valence-electron chi connectivity index (χ1n) is 7.58. The summed E-state index contributed by atoms with van der Waals surface area (Å²) in [4.78, 5) is 12.0. The zero-order valence-electron chi connectivity index (χ0n) is 13.9. The van der Waals surface area contributed by atoms with Gasteiger partial charge in [0, 0.05) is 9.65 Å². The number of halogens is 1. The van der Waals surface area contributed by atoms with Crippen molar-refractivity contribution in [3.8, 4) is 11.5 Å². The minimum absolute atomic E-state index is 0.0689. The molecule has 2 aromatic rings. The van der Waals surface area contributed by atoms with Gasteiger partial charge in [-0.2, -0.15) is 0 Å². The molecule has 4 nitrogen and oxygen atoms in total. The Kier molecular flexibility index (Phi) is 6.66. The molecule has 1 amide bonds. The molecule has 2 rings (SSSR count). The second kappa shape index (κ2) is 8.73. The topological polar surface area (TPSA) is 47.6 Å². The number of anilines is 1. The van der Waals surface area contributed by atoms with E-state index >= 15 is 0 Å². The summed E-state index contributed by atoms with van der Waals surface area (Å²) in [7, 11) is 1.60. The Balaban J connectivity index is 2.08. The number of carbonyl (C=O) groups is 1. The monoisotopic (exact) mass is 437 g/mol. The van der Waals surface area contributed by atoms with Crippen LogP contribution in [0.15, 0.2) is 48.5 Å². The van der Waals surface area contributed by atoms with Crippen molar-refractivity contribution in [2.45, 2.75) is 20.0 Å². The molecule has 0 atom stereocenters. The molecule has 0 aromatic heterocycles. The summed E-state index contributed by atoms with van der Waals surface area (Å²) in [5, 5.41) is 2.86. The van der Waals surface area contributed by atoms with Gasteiger partial charge in [-0.3, -0.25) is 4.79 Å². The summed E-state index contributed by atoms with van der Waals surface area (Å²) in [6.45, 7) is 3.92. The van der Waals surface area contributed by atoms with Crippen LogP contribution in [0.25, 0.3) is 6.08 Å². The molecule has 0 unspecified atom stereocenters. The van der Waals surface area contributed by atoms with Crippen LogP contribution in [0.1, 0.15) is 19.4 Å². The number of carbonyl (C=O) groups excluding carboxylic acids is 1. The van der Waals surface area contributed by atoms with E-state index < -0.39 is 0 Å². The molecular weight excluding hydrogens is 417 g/mol. The summed E-state index contributed by atoms with van der Waals surface area (Å²) >= 11 is 2.19. The van der Waals surface area contributed by atoms with Gasteiger partial charge in [0.2, 0.25) is 5.91 Å². The lowest BCUT2D eigenvalue weighted by molar-refractivity contribution is -0.111. The number of hydrogen-bond donors (Lipinski definition) is 1. The third-order valence-electron chi connectivity index (χ3n) is 3.11. The van der Waals surface area contributed by atoms with Crippen molar-refractivity contribution < 1.29 is 14.3 Å². The highest BCUT2D eigenvalue weighted by Crippen LogP contribution is 2.29. The molecule has 0 bridgehead atoms. The number of benzene rings is 2. The molecule has 0 spiro atoms. The highest BCUT2D eigenvalue weighted by molar-refractivity contribution is 14.1. The van der Waals surface area contributed by atoms with Gasteiger partial charge in [0.15, 0.2) is 11.5 Å². The van der Waals surface area contributed by atoms with Gasteiger partial charge in [0.25, 0.3) is 0 Å². The Hall–Kier alpha value is -2.02. The van der Waals surface area contributed by atoms with Crippen molar-refractivity contribution >= 4 is 40.3 Å². The van der Waals surface area contributed by atoms with Crippen molar-refractivity contribution in [1.29, 1.82) is 0 Å². The smallest absolute Gasteiger partial charge is 0.248 e. The van der Waals surface area contributed by atoms with Crippen molar-refractivity contribution in [1.82, 2.24) is 0 Å². The number of methoxy groups -OCH3 is 1. The summed E-state index contributed by atoms with van der Waals surface area (Å²) in [6, 6.07) is 13.2. The van der Waals surface area contributed by atoms with E-state index in [4.69, 9.17) is 9.47 Å². The average molecular weight is 437 g/mol. The van der Waals surface area contributed by atoms with Crippen LogP contribution in [0.2, 0.25) is 0 Å². The van der Waals surface area contributed by atoms with Gasteiger partial charge in [-0.15, -0.1) is 0 Å². The van der Waals surface area contributed by atoms with Crippen molar-refractivity contribution in [2.24, 2.45) is 0 Å². The van der Waals surface area contributed by atoms with E-state index in [0.29, 0.717) is 11.5 Å². The van der Waals surface area contributed by atoms with Crippen molar-refractivity contribution in [3.05, 3.63) is 57.7 Å². The maximum absolute atomic E-state index is 12.0. The molecule has 126 valence electrons. The molecule has 2 aromatic carbocycles. The molecule has 0 radical (unpaired) electrons. The first-order valence-corrected chi connectivity index (χ1v) is 8.65. The molecule has 5 heteroatoms. The lowest BCUT2D eigenvalue weighted by Crippen LogP contribution is -2.08. The Morgan fingerprint density at radius 3 is 2.58 bits per heavy atom. The minimum atomic E-state index is -0.180. The first-order chi connectivity index (χ1) is 11.5.